The van der Waals surface area contributed by atoms with E-state index in [-0.39, 0.29) is 0 Å². The molecule has 0 saturated carbocycles. The van der Waals surface area contributed by atoms with E-state index in [1.165, 1.54) is 63.0 Å². The molecule has 1 N–H and O–H groups in total. The molecule has 0 atom stereocenters. The van der Waals surface area contributed by atoms with Gasteiger partial charge in [0.05, 0.1) is 6.26 Å². The lowest BCUT2D eigenvalue weighted by Crippen LogP contribution is -2.07. The van der Waals surface area contributed by atoms with E-state index < -0.39 is 0 Å². The molecule has 4 heteroatoms. The van der Waals surface area contributed by atoms with Crippen molar-refractivity contribution in [1.29, 1.82) is 0 Å². The second kappa shape index (κ2) is 12.8. The van der Waals surface area contributed by atoms with Crippen molar-refractivity contribution in [1.82, 2.24) is 0 Å². The zero-order chi connectivity index (χ0) is 34.6. The Morgan fingerprint density at radius 1 is 0.635 bits per heavy atom. The van der Waals surface area contributed by atoms with Crippen LogP contribution in [0.1, 0.15) is 40.8 Å². The summed E-state index contributed by atoms with van der Waals surface area (Å²) in [5.74, 6) is 0.890. The van der Waals surface area contributed by atoms with Gasteiger partial charge in [0, 0.05) is 57.8 Å². The predicted octanol–water partition coefficient (Wildman–Crippen LogP) is 14.1. The van der Waals surface area contributed by atoms with E-state index in [1.807, 2.05) is 34.8 Å². The minimum Gasteiger partial charge on any atom is -0.464 e. The molecule has 2 aromatic heterocycles. The van der Waals surface area contributed by atoms with Crippen LogP contribution in [0.5, 0.6) is 0 Å². The van der Waals surface area contributed by atoms with Crippen molar-refractivity contribution in [3.05, 3.63) is 191 Å². The fourth-order valence-corrected chi connectivity index (χ4v) is 10.6. The zero-order valence-corrected chi connectivity index (χ0v) is 30.2. The van der Waals surface area contributed by atoms with Gasteiger partial charge in [-0.05, 0) is 107 Å². The van der Waals surface area contributed by atoms with Crippen LogP contribution in [0.15, 0.2) is 169 Å². The first-order valence-electron chi connectivity index (χ1n) is 18.0. The number of hydrogen-bond donors (Lipinski definition) is 1. The Kier molecular flexibility index (Phi) is 7.67. The third kappa shape index (κ3) is 5.30. The van der Waals surface area contributed by atoms with Gasteiger partial charge in [-0.2, -0.15) is 0 Å². The van der Waals surface area contributed by atoms with E-state index >= 15 is 0 Å². The Labute approximate surface area is 311 Å². The van der Waals surface area contributed by atoms with Crippen molar-refractivity contribution in [2.24, 2.45) is 0 Å². The third-order valence-corrected chi connectivity index (χ3v) is 12.9. The SMILES string of the molecule is C=C1/C=C\C=C/OC2=C1CCC=C2c1ccccc1Nc1cc(C2=CCCc3c2sc2ccccc32)cc(-c2cccc3c2sc2ccccc23)c1. The van der Waals surface area contributed by atoms with Crippen molar-refractivity contribution < 1.29 is 4.74 Å². The molecule has 3 heterocycles. The minimum atomic E-state index is 0.890. The van der Waals surface area contributed by atoms with Crippen LogP contribution in [-0.4, -0.2) is 0 Å². The molecule has 7 aromatic rings. The standard InChI is InChI=1S/C48H35NOS2/c1-30-13-8-9-26-50-46-34(30)17-10-20-40(46)37-14-2-5-23-43(37)49-33-28-31(35-18-11-21-41-38-15-3-6-24-44(38)51-47(35)41)27-32(29-33)36-19-12-22-42-39-16-4-7-25-45(39)52-48(36)42/h2-9,11,13-16,18-21,23-29,49H,1,10,12,17,22H2/b13-8-,26-9-. The van der Waals surface area contributed by atoms with E-state index in [2.05, 4.69) is 139 Å². The van der Waals surface area contributed by atoms with Crippen LogP contribution < -0.4 is 5.32 Å². The molecule has 0 unspecified atom stereocenters. The third-order valence-electron chi connectivity index (χ3n) is 10.5. The van der Waals surface area contributed by atoms with Gasteiger partial charge in [-0.15, -0.1) is 22.7 Å². The molecule has 52 heavy (non-hydrogen) atoms. The fourth-order valence-electron chi connectivity index (χ4n) is 8.06. The molecular weight excluding hydrogens is 671 g/mol. The molecule has 0 amide bonds. The van der Waals surface area contributed by atoms with Crippen LogP contribution in [0.25, 0.3) is 52.5 Å². The Morgan fingerprint density at radius 2 is 1.37 bits per heavy atom. The number of benzene rings is 5. The number of allylic oxidation sites excluding steroid dienone is 8. The molecule has 2 nitrogen and oxygen atoms in total. The number of anilines is 2. The normalized spacial score (nSPS) is 16.8. The van der Waals surface area contributed by atoms with Crippen LogP contribution in [0.4, 0.5) is 11.4 Å². The van der Waals surface area contributed by atoms with Gasteiger partial charge in [-0.1, -0.05) is 104 Å². The van der Waals surface area contributed by atoms with Gasteiger partial charge in [0.2, 0.25) is 0 Å². The molecule has 3 aliphatic rings. The summed E-state index contributed by atoms with van der Waals surface area (Å²) in [6.07, 6.45) is 16.5. The Bertz CT molecular complexity index is 2760. The van der Waals surface area contributed by atoms with Crippen LogP contribution in [-0.2, 0) is 11.2 Å². The van der Waals surface area contributed by atoms with Crippen molar-refractivity contribution in [2.45, 2.75) is 25.7 Å². The second-order valence-corrected chi connectivity index (χ2v) is 15.7. The highest BCUT2D eigenvalue weighted by Gasteiger charge is 2.24. The lowest BCUT2D eigenvalue weighted by Gasteiger charge is -2.24. The topological polar surface area (TPSA) is 21.3 Å². The number of ether oxygens (including phenoxy) is 1. The maximum atomic E-state index is 6.31. The Balaban J connectivity index is 1.14. The van der Waals surface area contributed by atoms with Gasteiger partial charge in [0.1, 0.15) is 5.76 Å². The molecule has 250 valence electrons. The molecule has 0 bridgehead atoms. The number of rotatable bonds is 5. The molecule has 0 fully saturated rings. The average molecular weight is 706 g/mol. The maximum absolute atomic E-state index is 6.31. The van der Waals surface area contributed by atoms with Crippen LogP contribution in [0.3, 0.4) is 0 Å². The zero-order valence-electron chi connectivity index (χ0n) is 28.6. The summed E-state index contributed by atoms with van der Waals surface area (Å²) in [4.78, 5) is 1.40. The van der Waals surface area contributed by atoms with Crippen molar-refractivity contribution in [2.75, 3.05) is 5.32 Å². The van der Waals surface area contributed by atoms with Gasteiger partial charge in [0.15, 0.2) is 0 Å². The number of fused-ring (bicyclic) bond motifs is 6. The fraction of sp³-hybridized carbons (Fsp3) is 0.0833. The van der Waals surface area contributed by atoms with Crippen LogP contribution >= 0.6 is 22.7 Å². The van der Waals surface area contributed by atoms with E-state index in [0.29, 0.717) is 0 Å². The first-order chi connectivity index (χ1) is 25.7. The average Bonchev–Trinajstić information content (AvgIpc) is 3.76. The quantitative estimate of drug-likeness (QED) is 0.192. The predicted molar refractivity (Wildman–Crippen MR) is 224 cm³/mol. The molecule has 0 radical (unpaired) electrons. The van der Waals surface area contributed by atoms with Crippen molar-refractivity contribution >= 4 is 75.5 Å². The number of nitrogens with one attached hydrogen (secondary N) is 1. The lowest BCUT2D eigenvalue weighted by molar-refractivity contribution is 0.364. The van der Waals surface area contributed by atoms with Gasteiger partial charge in [-0.25, -0.2) is 0 Å². The summed E-state index contributed by atoms with van der Waals surface area (Å²) in [5.41, 5.74) is 13.0. The molecule has 10 rings (SSSR count). The van der Waals surface area contributed by atoms with Gasteiger partial charge in [0.25, 0.3) is 0 Å². The lowest BCUT2D eigenvalue weighted by atomic mass is 9.88. The monoisotopic (exact) mass is 705 g/mol. The van der Waals surface area contributed by atoms with E-state index in [1.54, 1.807) is 6.26 Å². The highest BCUT2D eigenvalue weighted by molar-refractivity contribution is 7.26. The molecular formula is C48H35NOS2. The smallest absolute Gasteiger partial charge is 0.137 e. The maximum Gasteiger partial charge on any atom is 0.137 e. The van der Waals surface area contributed by atoms with E-state index in [4.69, 9.17) is 4.74 Å². The van der Waals surface area contributed by atoms with Gasteiger partial charge < -0.3 is 10.1 Å². The minimum absolute atomic E-state index is 0.890. The van der Waals surface area contributed by atoms with Crippen LogP contribution in [0.2, 0.25) is 0 Å². The second-order valence-electron chi connectivity index (χ2n) is 13.6. The summed E-state index contributed by atoms with van der Waals surface area (Å²) in [6.45, 7) is 4.37. The summed E-state index contributed by atoms with van der Waals surface area (Å²) in [7, 11) is 0. The molecule has 0 spiro atoms. The van der Waals surface area contributed by atoms with Crippen molar-refractivity contribution in [3.8, 4) is 11.1 Å². The molecule has 0 saturated heterocycles. The van der Waals surface area contributed by atoms with Crippen molar-refractivity contribution in [3.63, 3.8) is 0 Å². The largest absolute Gasteiger partial charge is 0.464 e. The Morgan fingerprint density at radius 3 is 2.29 bits per heavy atom. The first-order valence-corrected chi connectivity index (χ1v) is 19.6. The summed E-state index contributed by atoms with van der Waals surface area (Å²) in [6, 6.07) is 40.1. The highest BCUT2D eigenvalue weighted by atomic mass is 32.1. The summed E-state index contributed by atoms with van der Waals surface area (Å²) >= 11 is 3.81. The summed E-state index contributed by atoms with van der Waals surface area (Å²) < 4.78 is 10.3. The Hall–Kier alpha value is -5.68. The van der Waals surface area contributed by atoms with Gasteiger partial charge in [-0.3, -0.25) is 0 Å². The highest BCUT2D eigenvalue weighted by Crippen LogP contribution is 2.46. The number of aryl methyl sites for hydroxylation is 1. The van der Waals surface area contributed by atoms with E-state index in [9.17, 15) is 0 Å². The molecule has 5 aromatic carbocycles. The first kappa shape index (κ1) is 31.1. The summed E-state index contributed by atoms with van der Waals surface area (Å²) in [5, 5.41) is 7.95. The molecule has 1 aliphatic heterocycles. The molecule has 2 aliphatic carbocycles. The number of hydrogen-bond acceptors (Lipinski definition) is 4. The van der Waals surface area contributed by atoms with Gasteiger partial charge >= 0.3 is 0 Å². The van der Waals surface area contributed by atoms with Crippen LogP contribution in [0, 0.1) is 0 Å². The van der Waals surface area contributed by atoms with E-state index in [0.717, 1.165) is 65.1 Å². The number of para-hydroxylation sites is 1. The number of thiophene rings is 2.